The molecule has 0 saturated carbocycles. The van der Waals surface area contributed by atoms with E-state index in [1.54, 1.807) is 48.5 Å². The summed E-state index contributed by atoms with van der Waals surface area (Å²) in [4.78, 5) is 24.0. The van der Waals surface area contributed by atoms with Crippen LogP contribution in [-0.4, -0.2) is 10.4 Å². The van der Waals surface area contributed by atoms with Crippen LogP contribution < -0.4 is 5.76 Å². The fraction of sp³-hybridized carbons (Fsp3) is 0.0667. The molecule has 4 nitrogen and oxygen atoms in total. The molecule has 0 saturated heterocycles. The molecule has 3 aromatic rings. The molecule has 0 fully saturated rings. The molecule has 0 aliphatic heterocycles. The lowest BCUT2D eigenvalue weighted by atomic mass is 10.1. The number of carbonyl (C=O) groups excluding carboxylic acids is 1. The zero-order chi connectivity index (χ0) is 14.1. The lowest BCUT2D eigenvalue weighted by Crippen LogP contribution is -2.20. The molecule has 0 aliphatic carbocycles. The first-order valence-electron chi connectivity index (χ1n) is 6.02. The monoisotopic (exact) mass is 287 g/mol. The Bertz CT molecular complexity index is 830. The molecular weight excluding hydrogens is 278 g/mol. The van der Waals surface area contributed by atoms with Gasteiger partial charge in [-0.25, -0.2) is 4.79 Å². The minimum Gasteiger partial charge on any atom is -0.408 e. The molecule has 1 aromatic heterocycles. The van der Waals surface area contributed by atoms with Gasteiger partial charge in [-0.2, -0.15) is 0 Å². The molecule has 0 atom stereocenters. The number of aromatic nitrogens is 1. The van der Waals surface area contributed by atoms with Gasteiger partial charge in [-0.15, -0.1) is 0 Å². The zero-order valence-electron chi connectivity index (χ0n) is 10.4. The maximum absolute atomic E-state index is 12.2. The van der Waals surface area contributed by atoms with Gasteiger partial charge in [-0.05, 0) is 36.4 Å². The molecule has 1 heterocycles. The maximum Gasteiger partial charge on any atom is 0.420 e. The van der Waals surface area contributed by atoms with Crippen LogP contribution >= 0.6 is 11.6 Å². The first-order valence-corrected chi connectivity index (χ1v) is 6.40. The zero-order valence-corrected chi connectivity index (χ0v) is 11.1. The molecule has 20 heavy (non-hydrogen) atoms. The van der Waals surface area contributed by atoms with Crippen molar-refractivity contribution in [2.24, 2.45) is 0 Å². The number of nitrogens with zero attached hydrogens (tertiary/aromatic N) is 1. The highest BCUT2D eigenvalue weighted by Crippen LogP contribution is 2.14. The summed E-state index contributed by atoms with van der Waals surface area (Å²) in [6.07, 6.45) is 0. The number of carbonyl (C=O) groups is 1. The van der Waals surface area contributed by atoms with Gasteiger partial charge in [0.25, 0.3) is 0 Å². The normalized spacial score (nSPS) is 10.8. The summed E-state index contributed by atoms with van der Waals surface area (Å²) in [7, 11) is 0. The Morgan fingerprint density at radius 2 is 1.80 bits per heavy atom. The largest absolute Gasteiger partial charge is 0.420 e. The first-order chi connectivity index (χ1) is 9.65. The molecule has 0 unspecified atom stereocenters. The number of hydrogen-bond donors (Lipinski definition) is 0. The third kappa shape index (κ3) is 2.26. The van der Waals surface area contributed by atoms with E-state index in [-0.39, 0.29) is 12.3 Å². The van der Waals surface area contributed by atoms with Gasteiger partial charge in [0.2, 0.25) is 0 Å². The van der Waals surface area contributed by atoms with Gasteiger partial charge in [-0.3, -0.25) is 9.36 Å². The van der Waals surface area contributed by atoms with Gasteiger partial charge in [-0.1, -0.05) is 23.7 Å². The highest BCUT2D eigenvalue weighted by Gasteiger charge is 2.13. The summed E-state index contributed by atoms with van der Waals surface area (Å²) in [6, 6.07) is 13.6. The number of oxazole rings is 1. The van der Waals surface area contributed by atoms with Gasteiger partial charge in [0, 0.05) is 10.6 Å². The van der Waals surface area contributed by atoms with Gasteiger partial charge < -0.3 is 4.42 Å². The molecule has 100 valence electrons. The van der Waals surface area contributed by atoms with E-state index in [4.69, 9.17) is 16.0 Å². The fourth-order valence-corrected chi connectivity index (χ4v) is 2.16. The van der Waals surface area contributed by atoms with Crippen molar-refractivity contribution >= 4 is 28.5 Å². The molecule has 0 aliphatic rings. The van der Waals surface area contributed by atoms with Crippen LogP contribution in [-0.2, 0) is 6.54 Å². The minimum atomic E-state index is -0.534. The van der Waals surface area contributed by atoms with Gasteiger partial charge in [0.1, 0.15) is 0 Å². The molecule has 0 spiro atoms. The summed E-state index contributed by atoms with van der Waals surface area (Å²) >= 11 is 5.78. The number of hydrogen-bond acceptors (Lipinski definition) is 3. The standard InChI is InChI=1S/C15H10ClNO3/c16-11-7-5-10(6-8-11)13(18)9-17-12-3-1-2-4-14(12)20-15(17)19/h1-8H,9H2. The summed E-state index contributed by atoms with van der Waals surface area (Å²) in [6.45, 7) is -0.0581. The average Bonchev–Trinajstić information content (AvgIpc) is 2.76. The number of ketones is 1. The van der Waals surface area contributed by atoms with Crippen molar-refractivity contribution < 1.29 is 9.21 Å². The third-order valence-corrected chi connectivity index (χ3v) is 3.29. The quantitative estimate of drug-likeness (QED) is 0.695. The number of rotatable bonds is 3. The molecule has 0 bridgehead atoms. The van der Waals surface area contributed by atoms with Gasteiger partial charge >= 0.3 is 5.76 Å². The van der Waals surface area contributed by atoms with Crippen LogP contribution in [0.15, 0.2) is 57.7 Å². The Balaban J connectivity index is 1.97. The molecular formula is C15H10ClNO3. The molecule has 5 heteroatoms. The maximum atomic E-state index is 12.2. The average molecular weight is 288 g/mol. The number of Topliss-reactive ketones (excluding diaryl/α,β-unsaturated/α-hetero) is 1. The molecule has 3 rings (SSSR count). The van der Waals surface area contributed by atoms with Crippen molar-refractivity contribution in [3.8, 4) is 0 Å². The van der Waals surface area contributed by atoms with Crippen molar-refractivity contribution in [2.75, 3.05) is 0 Å². The molecule has 0 radical (unpaired) electrons. The Labute approximate surface area is 119 Å². The fourth-order valence-electron chi connectivity index (χ4n) is 2.03. The van der Waals surface area contributed by atoms with Crippen LogP contribution in [0.2, 0.25) is 5.02 Å². The predicted octanol–water partition coefficient (Wildman–Crippen LogP) is 3.13. The second-order valence-corrected chi connectivity index (χ2v) is 4.79. The Hall–Kier alpha value is -2.33. The number of halogens is 1. The molecule has 0 N–H and O–H groups in total. The second-order valence-electron chi connectivity index (χ2n) is 4.35. The van der Waals surface area contributed by atoms with Gasteiger partial charge in [0.15, 0.2) is 11.4 Å². The van der Waals surface area contributed by atoms with Crippen LogP contribution in [0.4, 0.5) is 0 Å². The van der Waals surface area contributed by atoms with E-state index in [9.17, 15) is 9.59 Å². The number of benzene rings is 2. The first kappa shape index (κ1) is 12.7. The lowest BCUT2D eigenvalue weighted by molar-refractivity contribution is 0.0970. The van der Waals surface area contributed by atoms with Crippen LogP contribution in [0.1, 0.15) is 10.4 Å². The van der Waals surface area contributed by atoms with Crippen molar-refractivity contribution in [1.29, 1.82) is 0 Å². The van der Waals surface area contributed by atoms with Gasteiger partial charge in [0.05, 0.1) is 12.1 Å². The summed E-state index contributed by atoms with van der Waals surface area (Å²) in [5, 5.41) is 0.562. The van der Waals surface area contributed by atoms with Crippen LogP contribution in [0.5, 0.6) is 0 Å². The van der Waals surface area contributed by atoms with Crippen molar-refractivity contribution in [1.82, 2.24) is 4.57 Å². The Morgan fingerprint density at radius 1 is 1.10 bits per heavy atom. The highest BCUT2D eigenvalue weighted by molar-refractivity contribution is 6.30. The van der Waals surface area contributed by atoms with Crippen molar-refractivity contribution in [3.05, 3.63) is 69.7 Å². The van der Waals surface area contributed by atoms with Crippen LogP contribution in [0.3, 0.4) is 0 Å². The van der Waals surface area contributed by atoms with E-state index in [1.165, 1.54) is 4.57 Å². The summed E-state index contributed by atoms with van der Waals surface area (Å²) in [5.74, 6) is -0.705. The Morgan fingerprint density at radius 3 is 2.55 bits per heavy atom. The topological polar surface area (TPSA) is 52.2 Å². The van der Waals surface area contributed by atoms with E-state index in [2.05, 4.69) is 0 Å². The highest BCUT2D eigenvalue weighted by atomic mass is 35.5. The summed E-state index contributed by atoms with van der Waals surface area (Å²) < 4.78 is 6.41. The van der Waals surface area contributed by atoms with Crippen LogP contribution in [0.25, 0.3) is 11.1 Å². The predicted molar refractivity (Wildman–Crippen MR) is 76.3 cm³/mol. The van der Waals surface area contributed by atoms with E-state index in [0.717, 1.165) is 0 Å². The van der Waals surface area contributed by atoms with E-state index >= 15 is 0 Å². The SMILES string of the molecule is O=C(Cn1c(=O)oc2ccccc21)c1ccc(Cl)cc1. The lowest BCUT2D eigenvalue weighted by Gasteiger charge is -2.02. The van der Waals surface area contributed by atoms with E-state index in [0.29, 0.717) is 21.7 Å². The smallest absolute Gasteiger partial charge is 0.408 e. The van der Waals surface area contributed by atoms with E-state index < -0.39 is 5.76 Å². The number of para-hydroxylation sites is 2. The molecule has 0 amide bonds. The van der Waals surface area contributed by atoms with Crippen molar-refractivity contribution in [3.63, 3.8) is 0 Å². The minimum absolute atomic E-state index is 0.0581. The van der Waals surface area contributed by atoms with Crippen molar-refractivity contribution in [2.45, 2.75) is 6.54 Å². The third-order valence-electron chi connectivity index (χ3n) is 3.04. The number of fused-ring (bicyclic) bond motifs is 1. The van der Waals surface area contributed by atoms with Crippen LogP contribution in [0, 0.1) is 0 Å². The molecule has 2 aromatic carbocycles. The second kappa shape index (κ2) is 4.98. The summed E-state index contributed by atoms with van der Waals surface area (Å²) in [5.41, 5.74) is 1.59. The van der Waals surface area contributed by atoms with E-state index in [1.807, 2.05) is 0 Å². The Kier molecular flexibility index (Phi) is 3.16.